The van der Waals surface area contributed by atoms with Crippen molar-refractivity contribution in [3.63, 3.8) is 0 Å². The van der Waals surface area contributed by atoms with Gasteiger partial charge in [-0.25, -0.2) is 0 Å². The Kier molecular flexibility index (Phi) is 3.39. The normalized spacial score (nSPS) is 22.2. The molecule has 25 heavy (non-hydrogen) atoms. The Hall–Kier alpha value is -2.57. The molecule has 1 aliphatic carbocycles. The first-order chi connectivity index (χ1) is 12.3. The van der Waals surface area contributed by atoms with E-state index in [0.717, 1.165) is 25.7 Å². The topological polar surface area (TPSA) is 77.7 Å². The number of hydrogen-bond acceptors (Lipinski definition) is 6. The Bertz CT molecular complexity index is 814. The van der Waals surface area contributed by atoms with Crippen molar-refractivity contribution in [3.8, 4) is 11.5 Å². The van der Waals surface area contributed by atoms with E-state index in [4.69, 9.17) is 14.0 Å². The summed E-state index contributed by atoms with van der Waals surface area (Å²) in [5.41, 5.74) is 0.537. The van der Waals surface area contributed by atoms with Gasteiger partial charge in [0.05, 0.1) is 11.6 Å². The van der Waals surface area contributed by atoms with Crippen LogP contribution in [0.2, 0.25) is 0 Å². The fourth-order valence-electron chi connectivity index (χ4n) is 3.55. The summed E-state index contributed by atoms with van der Waals surface area (Å²) in [6.07, 6.45) is 4.00. The highest BCUT2D eigenvalue weighted by Gasteiger charge is 2.37. The van der Waals surface area contributed by atoms with E-state index in [1.54, 1.807) is 6.07 Å². The van der Waals surface area contributed by atoms with Crippen molar-refractivity contribution in [1.82, 2.24) is 15.0 Å². The number of fused-ring (bicyclic) bond motifs is 1. The summed E-state index contributed by atoms with van der Waals surface area (Å²) in [4.78, 5) is 19.5. The molecule has 2 aromatic rings. The molecule has 130 valence electrons. The maximum Gasteiger partial charge on any atom is 0.258 e. The Labute approximate surface area is 144 Å². The molecule has 5 rings (SSSR count). The predicted molar refractivity (Wildman–Crippen MR) is 86.7 cm³/mol. The van der Waals surface area contributed by atoms with Crippen LogP contribution in [0.5, 0.6) is 11.5 Å². The zero-order chi connectivity index (χ0) is 16.8. The molecule has 0 radical (unpaired) electrons. The van der Waals surface area contributed by atoms with Crippen LogP contribution in [-0.2, 0) is 0 Å². The average Bonchev–Trinajstić information content (AvgIpc) is 3.19. The molecule has 0 spiro atoms. The monoisotopic (exact) mass is 341 g/mol. The second kappa shape index (κ2) is 5.75. The lowest BCUT2D eigenvalue weighted by atomic mass is 10.1. The lowest BCUT2D eigenvalue weighted by Crippen LogP contribution is -2.32. The summed E-state index contributed by atoms with van der Waals surface area (Å²) in [6, 6.07) is 5.31. The molecule has 0 unspecified atom stereocenters. The van der Waals surface area contributed by atoms with Crippen LogP contribution in [0, 0.1) is 0 Å². The average molecular weight is 341 g/mol. The van der Waals surface area contributed by atoms with Gasteiger partial charge in [-0.2, -0.15) is 4.98 Å². The second-order valence-electron chi connectivity index (χ2n) is 6.75. The van der Waals surface area contributed by atoms with Crippen LogP contribution in [0.25, 0.3) is 0 Å². The van der Waals surface area contributed by atoms with Crippen molar-refractivity contribution in [2.45, 2.75) is 37.6 Å². The molecule has 0 bridgehead atoms. The molecule has 2 aliphatic heterocycles. The van der Waals surface area contributed by atoms with E-state index in [1.807, 2.05) is 17.0 Å². The fraction of sp³-hybridized carbons (Fsp3) is 0.500. The summed E-state index contributed by atoms with van der Waals surface area (Å²) in [6.45, 7) is 1.64. The maximum atomic E-state index is 13.2. The zero-order valence-electron chi connectivity index (χ0n) is 13.8. The van der Waals surface area contributed by atoms with Gasteiger partial charge in [0.2, 0.25) is 5.89 Å². The minimum Gasteiger partial charge on any atom is -0.486 e. The van der Waals surface area contributed by atoms with E-state index in [0.29, 0.717) is 54.5 Å². The minimum absolute atomic E-state index is 0.0670. The van der Waals surface area contributed by atoms with Crippen LogP contribution in [0.15, 0.2) is 22.7 Å². The van der Waals surface area contributed by atoms with E-state index in [-0.39, 0.29) is 11.9 Å². The number of para-hydroxylation sites is 1. The van der Waals surface area contributed by atoms with Crippen molar-refractivity contribution in [1.29, 1.82) is 0 Å². The minimum atomic E-state index is -0.135. The van der Waals surface area contributed by atoms with Crippen molar-refractivity contribution in [3.05, 3.63) is 35.5 Å². The lowest BCUT2D eigenvalue weighted by molar-refractivity contribution is 0.0718. The Morgan fingerprint density at radius 1 is 1.16 bits per heavy atom. The quantitative estimate of drug-likeness (QED) is 0.854. The SMILES string of the molecule is O=C(c1cccc2c1OCCO2)N1CCC[C@H]1c1noc(C2CC2)n1. The van der Waals surface area contributed by atoms with E-state index in [1.165, 1.54) is 0 Å². The van der Waals surface area contributed by atoms with E-state index < -0.39 is 0 Å². The number of carbonyl (C=O) groups excluding carboxylic acids is 1. The third-order valence-corrected chi connectivity index (χ3v) is 4.99. The number of rotatable bonds is 3. The molecule has 1 atom stereocenters. The van der Waals surface area contributed by atoms with Crippen LogP contribution in [0.4, 0.5) is 0 Å². The first-order valence-electron chi connectivity index (χ1n) is 8.84. The predicted octanol–water partition coefficient (Wildman–Crippen LogP) is 2.70. The van der Waals surface area contributed by atoms with Crippen molar-refractivity contribution >= 4 is 5.91 Å². The largest absolute Gasteiger partial charge is 0.486 e. The van der Waals surface area contributed by atoms with Crippen LogP contribution in [0.1, 0.15) is 59.7 Å². The Balaban J connectivity index is 1.44. The van der Waals surface area contributed by atoms with E-state index in [2.05, 4.69) is 10.1 Å². The van der Waals surface area contributed by atoms with Crippen LogP contribution >= 0.6 is 0 Å². The summed E-state index contributed by atoms with van der Waals surface area (Å²) < 4.78 is 16.7. The zero-order valence-corrected chi connectivity index (χ0v) is 13.8. The summed E-state index contributed by atoms with van der Waals surface area (Å²) in [7, 11) is 0. The third-order valence-electron chi connectivity index (χ3n) is 4.99. The molecule has 7 nitrogen and oxygen atoms in total. The highest BCUT2D eigenvalue weighted by atomic mass is 16.6. The van der Waals surface area contributed by atoms with Gasteiger partial charge in [0.25, 0.3) is 5.91 Å². The van der Waals surface area contributed by atoms with Gasteiger partial charge in [-0.1, -0.05) is 11.2 Å². The Morgan fingerprint density at radius 3 is 2.92 bits per heavy atom. The van der Waals surface area contributed by atoms with Crippen molar-refractivity contribution < 1.29 is 18.8 Å². The van der Waals surface area contributed by atoms with Gasteiger partial charge < -0.3 is 18.9 Å². The molecular weight excluding hydrogens is 322 g/mol. The first-order valence-corrected chi connectivity index (χ1v) is 8.84. The number of benzene rings is 1. The van der Waals surface area contributed by atoms with Gasteiger partial charge in [0.1, 0.15) is 13.2 Å². The van der Waals surface area contributed by atoms with Gasteiger partial charge >= 0.3 is 0 Å². The molecular formula is C18H19N3O4. The number of nitrogens with zero attached hydrogens (tertiary/aromatic N) is 3. The molecule has 3 heterocycles. The molecule has 0 N–H and O–H groups in total. The maximum absolute atomic E-state index is 13.2. The molecule has 3 aliphatic rings. The molecule has 1 amide bonds. The van der Waals surface area contributed by atoms with Crippen LogP contribution in [0.3, 0.4) is 0 Å². The van der Waals surface area contributed by atoms with E-state index >= 15 is 0 Å². The van der Waals surface area contributed by atoms with Gasteiger partial charge in [0, 0.05) is 12.5 Å². The van der Waals surface area contributed by atoms with Gasteiger partial charge in [-0.3, -0.25) is 4.79 Å². The lowest BCUT2D eigenvalue weighted by Gasteiger charge is -2.25. The first kappa shape index (κ1) is 14.7. The van der Waals surface area contributed by atoms with Crippen LogP contribution < -0.4 is 9.47 Å². The van der Waals surface area contributed by atoms with E-state index in [9.17, 15) is 4.79 Å². The van der Waals surface area contributed by atoms with Crippen LogP contribution in [-0.4, -0.2) is 40.7 Å². The van der Waals surface area contributed by atoms with Crippen molar-refractivity contribution in [2.24, 2.45) is 0 Å². The number of amides is 1. The molecule has 1 saturated carbocycles. The molecule has 1 aromatic carbocycles. The van der Waals surface area contributed by atoms with Gasteiger partial charge in [-0.15, -0.1) is 0 Å². The Morgan fingerprint density at radius 2 is 2.04 bits per heavy atom. The number of carbonyl (C=O) groups is 1. The molecule has 2 fully saturated rings. The summed E-state index contributed by atoms with van der Waals surface area (Å²) in [5, 5.41) is 4.14. The number of ether oxygens (including phenoxy) is 2. The number of hydrogen-bond donors (Lipinski definition) is 0. The van der Waals surface area contributed by atoms with Gasteiger partial charge in [0.15, 0.2) is 17.3 Å². The molecule has 1 aromatic heterocycles. The smallest absolute Gasteiger partial charge is 0.258 e. The highest BCUT2D eigenvalue weighted by molar-refractivity contribution is 5.98. The second-order valence-corrected chi connectivity index (χ2v) is 6.75. The summed E-state index contributed by atoms with van der Waals surface area (Å²) in [5.74, 6) is 2.85. The standard InChI is InChI=1S/C18H19N3O4/c22-18(12-3-1-5-14-15(12)24-10-9-23-14)21-8-2-4-13(21)16-19-17(25-20-16)11-6-7-11/h1,3,5,11,13H,2,4,6-10H2/t13-/m0/s1. The fourth-order valence-corrected chi connectivity index (χ4v) is 3.55. The van der Waals surface area contributed by atoms with Crippen molar-refractivity contribution in [2.75, 3.05) is 19.8 Å². The third kappa shape index (κ3) is 2.54. The molecule has 1 saturated heterocycles. The molecule has 7 heteroatoms. The number of likely N-dealkylation sites (tertiary alicyclic amines) is 1. The highest BCUT2D eigenvalue weighted by Crippen LogP contribution is 2.41. The van der Waals surface area contributed by atoms with Gasteiger partial charge in [-0.05, 0) is 37.8 Å². The summed E-state index contributed by atoms with van der Waals surface area (Å²) >= 11 is 0. The number of aromatic nitrogens is 2.